The molecule has 3 aliphatic rings. The maximum Gasteiger partial charge on any atom is 0.303 e. The summed E-state index contributed by atoms with van der Waals surface area (Å²) < 4.78 is 11.7. The van der Waals surface area contributed by atoms with E-state index in [-0.39, 0.29) is 41.9 Å². The fourth-order valence-electron chi connectivity index (χ4n) is 5.04. The van der Waals surface area contributed by atoms with E-state index in [2.05, 4.69) is 33.4 Å². The number of hydrogen-bond acceptors (Lipinski definition) is 4. The van der Waals surface area contributed by atoms with Crippen molar-refractivity contribution in [2.75, 3.05) is 0 Å². The van der Waals surface area contributed by atoms with Crippen LogP contribution in [0.2, 0.25) is 0 Å². The van der Waals surface area contributed by atoms with E-state index in [1.165, 1.54) is 12.5 Å². The fourth-order valence-corrected chi connectivity index (χ4v) is 5.04. The Morgan fingerprint density at radius 3 is 2.76 bits per heavy atom. The van der Waals surface area contributed by atoms with Gasteiger partial charge in [-0.25, -0.2) is 0 Å². The number of allylic oxidation sites excluding steroid dienone is 1. The molecule has 25 heavy (non-hydrogen) atoms. The molecule has 4 nitrogen and oxygen atoms in total. The van der Waals surface area contributed by atoms with Gasteiger partial charge in [0.25, 0.3) is 0 Å². The highest BCUT2D eigenvalue weighted by atomic mass is 16.5. The lowest BCUT2D eigenvalue weighted by Gasteiger charge is -2.38. The molecule has 2 aliphatic heterocycles. The molecule has 3 rings (SSSR count). The summed E-state index contributed by atoms with van der Waals surface area (Å²) in [4.78, 5) is 24.3. The molecule has 0 radical (unpaired) electrons. The van der Waals surface area contributed by atoms with E-state index < -0.39 is 0 Å². The molecule has 138 valence electrons. The molecule has 0 aromatic heterocycles. The third-order valence-electron chi connectivity index (χ3n) is 6.27. The Bertz CT molecular complexity index is 603. The highest BCUT2D eigenvalue weighted by Gasteiger charge is 2.53. The van der Waals surface area contributed by atoms with Crippen molar-refractivity contribution in [3.05, 3.63) is 23.8 Å². The number of ketones is 1. The molecular formula is C21H30O4. The highest BCUT2D eigenvalue weighted by Crippen LogP contribution is 2.51. The van der Waals surface area contributed by atoms with E-state index >= 15 is 0 Å². The summed E-state index contributed by atoms with van der Waals surface area (Å²) in [6.45, 7) is 12.2. The summed E-state index contributed by atoms with van der Waals surface area (Å²) >= 11 is 0. The van der Waals surface area contributed by atoms with Crippen LogP contribution in [0.25, 0.3) is 0 Å². The smallest absolute Gasteiger partial charge is 0.303 e. The zero-order chi connectivity index (χ0) is 18.3. The lowest BCUT2D eigenvalue weighted by atomic mass is 9.64. The fraction of sp³-hybridized carbons (Fsp3) is 0.714. The van der Waals surface area contributed by atoms with Crippen LogP contribution >= 0.6 is 0 Å². The molecule has 0 saturated carbocycles. The standard InChI is InChI=1S/C21H30O4/c1-11(2)15-7-6-12(3)19-18-10-13(4)17(24-14(5)22)9-8-16(23)21(25-18)20(15)19/h6,11,15,17-21H,4,7-10H2,1-3,5H3/t15-,17+,18+,19-,20-,21-/m1/s1. The largest absolute Gasteiger partial charge is 0.458 e. The lowest BCUT2D eigenvalue weighted by molar-refractivity contribution is -0.145. The maximum absolute atomic E-state index is 12.9. The topological polar surface area (TPSA) is 52.6 Å². The van der Waals surface area contributed by atoms with Gasteiger partial charge in [0.1, 0.15) is 12.2 Å². The molecule has 0 spiro atoms. The van der Waals surface area contributed by atoms with E-state index in [4.69, 9.17) is 9.47 Å². The van der Waals surface area contributed by atoms with Crippen molar-refractivity contribution in [1.82, 2.24) is 0 Å². The number of hydrogen-bond donors (Lipinski definition) is 0. The SMILES string of the molecule is C=C1C[C@@H]2O[C@H](C(=O)CC[C@@H]1OC(C)=O)[C@H]1[C@@H]2C(C)=CC[C@@H]1C(C)C. The van der Waals surface area contributed by atoms with Crippen LogP contribution in [0.3, 0.4) is 0 Å². The van der Waals surface area contributed by atoms with Crippen molar-refractivity contribution in [1.29, 1.82) is 0 Å². The Morgan fingerprint density at radius 2 is 2.12 bits per heavy atom. The van der Waals surface area contributed by atoms with Crippen LogP contribution < -0.4 is 0 Å². The van der Waals surface area contributed by atoms with Gasteiger partial charge in [-0.1, -0.05) is 32.1 Å². The average molecular weight is 346 g/mol. The second kappa shape index (κ2) is 7.06. The quantitative estimate of drug-likeness (QED) is 0.563. The van der Waals surface area contributed by atoms with Crippen LogP contribution in [0.4, 0.5) is 0 Å². The number of ether oxygens (including phenoxy) is 2. The van der Waals surface area contributed by atoms with E-state index in [0.29, 0.717) is 31.1 Å². The molecule has 2 bridgehead atoms. The Hall–Kier alpha value is -1.42. The molecule has 6 atom stereocenters. The number of rotatable bonds is 2. The zero-order valence-corrected chi connectivity index (χ0v) is 15.8. The third kappa shape index (κ3) is 3.46. The van der Waals surface area contributed by atoms with E-state index in [1.807, 2.05) is 0 Å². The molecule has 0 amide bonds. The van der Waals surface area contributed by atoms with Gasteiger partial charge < -0.3 is 9.47 Å². The van der Waals surface area contributed by atoms with Crippen LogP contribution in [0.1, 0.15) is 53.4 Å². The van der Waals surface area contributed by atoms with Gasteiger partial charge in [0.2, 0.25) is 0 Å². The van der Waals surface area contributed by atoms with E-state index in [9.17, 15) is 9.59 Å². The van der Waals surface area contributed by atoms with Gasteiger partial charge in [-0.15, -0.1) is 0 Å². The van der Waals surface area contributed by atoms with Crippen LogP contribution in [0.5, 0.6) is 0 Å². The number of carbonyl (C=O) groups excluding carboxylic acids is 2. The van der Waals surface area contributed by atoms with Crippen molar-refractivity contribution in [3.63, 3.8) is 0 Å². The van der Waals surface area contributed by atoms with Crippen LogP contribution in [0.15, 0.2) is 23.8 Å². The van der Waals surface area contributed by atoms with Crippen molar-refractivity contribution in [2.45, 2.75) is 71.7 Å². The predicted molar refractivity (Wildman–Crippen MR) is 95.9 cm³/mol. The summed E-state index contributed by atoms with van der Waals surface area (Å²) in [5.41, 5.74) is 2.20. The molecule has 0 N–H and O–H groups in total. The van der Waals surface area contributed by atoms with Gasteiger partial charge in [0.05, 0.1) is 6.10 Å². The summed E-state index contributed by atoms with van der Waals surface area (Å²) in [5, 5.41) is 0. The normalized spacial score (nSPS) is 38.5. The van der Waals surface area contributed by atoms with Gasteiger partial charge in [0.15, 0.2) is 5.78 Å². The molecule has 2 heterocycles. The van der Waals surface area contributed by atoms with Crippen molar-refractivity contribution in [3.8, 4) is 0 Å². The van der Waals surface area contributed by atoms with Crippen LogP contribution in [-0.4, -0.2) is 30.1 Å². The van der Waals surface area contributed by atoms with Crippen LogP contribution in [0, 0.1) is 23.7 Å². The molecular weight excluding hydrogens is 316 g/mol. The van der Waals surface area contributed by atoms with Gasteiger partial charge >= 0.3 is 5.97 Å². The summed E-state index contributed by atoms with van der Waals surface area (Å²) in [7, 11) is 0. The minimum atomic E-state index is -0.378. The Labute approximate surface area is 150 Å². The lowest BCUT2D eigenvalue weighted by Crippen LogP contribution is -2.39. The number of fused-ring (bicyclic) bond motifs is 5. The first-order chi connectivity index (χ1) is 11.8. The van der Waals surface area contributed by atoms with Crippen LogP contribution in [-0.2, 0) is 19.1 Å². The van der Waals surface area contributed by atoms with Gasteiger partial charge in [0, 0.05) is 25.2 Å². The van der Waals surface area contributed by atoms with Crippen molar-refractivity contribution < 1.29 is 19.1 Å². The summed E-state index contributed by atoms with van der Waals surface area (Å²) in [6, 6.07) is 0. The highest BCUT2D eigenvalue weighted by molar-refractivity contribution is 5.84. The minimum Gasteiger partial charge on any atom is -0.458 e. The Morgan fingerprint density at radius 1 is 1.40 bits per heavy atom. The first kappa shape index (κ1) is 18.4. The first-order valence-electron chi connectivity index (χ1n) is 9.49. The molecule has 0 aromatic rings. The van der Waals surface area contributed by atoms with E-state index in [0.717, 1.165) is 12.0 Å². The number of esters is 1. The van der Waals surface area contributed by atoms with Gasteiger partial charge in [-0.2, -0.15) is 0 Å². The Balaban J connectivity index is 1.92. The van der Waals surface area contributed by atoms with Gasteiger partial charge in [-0.3, -0.25) is 9.59 Å². The molecule has 1 aliphatic carbocycles. The first-order valence-corrected chi connectivity index (χ1v) is 9.49. The summed E-state index contributed by atoms with van der Waals surface area (Å²) in [6.07, 6.45) is 4.16. The van der Waals surface area contributed by atoms with Gasteiger partial charge in [-0.05, 0) is 43.6 Å². The molecule has 0 unspecified atom stereocenters. The second-order valence-electron chi connectivity index (χ2n) is 8.26. The average Bonchev–Trinajstić information content (AvgIpc) is 2.91. The second-order valence-corrected chi connectivity index (χ2v) is 8.26. The zero-order valence-electron chi connectivity index (χ0n) is 15.8. The summed E-state index contributed by atoms with van der Waals surface area (Å²) in [5.74, 6) is 1.36. The molecule has 4 heteroatoms. The molecule has 0 aromatic carbocycles. The Kier molecular flexibility index (Phi) is 5.19. The molecule has 2 saturated heterocycles. The maximum atomic E-state index is 12.9. The number of carbonyl (C=O) groups is 2. The monoisotopic (exact) mass is 346 g/mol. The molecule has 2 fully saturated rings. The minimum absolute atomic E-state index is 0.0413. The third-order valence-corrected chi connectivity index (χ3v) is 6.27. The van der Waals surface area contributed by atoms with Crippen molar-refractivity contribution >= 4 is 11.8 Å². The van der Waals surface area contributed by atoms with E-state index in [1.54, 1.807) is 0 Å². The number of Topliss-reactive ketones (excluding diaryl/α,β-unsaturated/α-hetero) is 1. The van der Waals surface area contributed by atoms with Crippen molar-refractivity contribution in [2.24, 2.45) is 23.7 Å². The predicted octanol–water partition coefficient (Wildman–Crippen LogP) is 3.85.